The van der Waals surface area contributed by atoms with Crippen LogP contribution in [0.5, 0.6) is 5.75 Å². The second kappa shape index (κ2) is 6.76. The summed E-state index contributed by atoms with van der Waals surface area (Å²) < 4.78 is 30.4. The normalized spacial score (nSPS) is 20.1. The number of nitrogens with zero attached hydrogens (tertiary/aromatic N) is 2. The molecule has 1 aliphatic rings. The monoisotopic (exact) mass is 267 g/mol. The van der Waals surface area contributed by atoms with Crippen LogP contribution >= 0.6 is 12.4 Å². The van der Waals surface area contributed by atoms with Gasteiger partial charge in [-0.25, -0.2) is 4.68 Å². The van der Waals surface area contributed by atoms with Gasteiger partial charge in [-0.3, -0.25) is 0 Å². The molecule has 2 heterocycles. The van der Waals surface area contributed by atoms with Crippen molar-refractivity contribution in [3.05, 3.63) is 12.4 Å². The number of hydrogen-bond donors (Lipinski definition) is 1. The molecule has 0 aromatic carbocycles. The number of hydrogen-bond acceptors (Lipinski definition) is 3. The van der Waals surface area contributed by atoms with Crippen LogP contribution in [-0.2, 0) is 0 Å². The number of aromatic nitrogens is 2. The van der Waals surface area contributed by atoms with Gasteiger partial charge in [0.2, 0.25) is 0 Å². The van der Waals surface area contributed by atoms with E-state index in [9.17, 15) is 8.78 Å². The van der Waals surface area contributed by atoms with E-state index in [0.29, 0.717) is 23.0 Å². The minimum absolute atomic E-state index is 0. The Hall–Kier alpha value is -0.880. The highest BCUT2D eigenvalue weighted by atomic mass is 35.5. The second-order valence-corrected chi connectivity index (χ2v) is 3.96. The van der Waals surface area contributed by atoms with Gasteiger partial charge < -0.3 is 10.1 Å². The van der Waals surface area contributed by atoms with Crippen molar-refractivity contribution < 1.29 is 13.5 Å². The van der Waals surface area contributed by atoms with Gasteiger partial charge in [0.1, 0.15) is 0 Å². The van der Waals surface area contributed by atoms with E-state index >= 15 is 0 Å². The Labute approximate surface area is 105 Å². The van der Waals surface area contributed by atoms with E-state index in [-0.39, 0.29) is 12.4 Å². The summed E-state index contributed by atoms with van der Waals surface area (Å²) in [7, 11) is 0. The molecule has 98 valence electrons. The lowest BCUT2D eigenvalue weighted by Crippen LogP contribution is -2.32. The molecule has 0 spiro atoms. The predicted octanol–water partition coefficient (Wildman–Crippen LogP) is 2.08. The zero-order valence-corrected chi connectivity index (χ0v) is 10.1. The molecule has 1 atom stereocenters. The number of halogens is 3. The zero-order valence-electron chi connectivity index (χ0n) is 9.31. The van der Waals surface area contributed by atoms with Crippen LogP contribution in [0.2, 0.25) is 0 Å². The van der Waals surface area contributed by atoms with E-state index in [2.05, 4.69) is 10.4 Å². The van der Waals surface area contributed by atoms with Crippen molar-refractivity contribution in [3.63, 3.8) is 0 Å². The number of ether oxygens (including phenoxy) is 1. The topological polar surface area (TPSA) is 39.1 Å². The smallest absolute Gasteiger partial charge is 0.333 e. The van der Waals surface area contributed by atoms with Crippen molar-refractivity contribution in [3.8, 4) is 5.75 Å². The Bertz CT molecular complexity index is 329. The van der Waals surface area contributed by atoms with Crippen LogP contribution in [0.1, 0.15) is 19.4 Å². The average Bonchev–Trinajstić information content (AvgIpc) is 2.76. The third-order valence-electron chi connectivity index (χ3n) is 2.66. The molecule has 0 saturated carbocycles. The number of piperidine rings is 1. The van der Waals surface area contributed by atoms with Crippen molar-refractivity contribution in [2.75, 3.05) is 19.7 Å². The highest BCUT2D eigenvalue weighted by Crippen LogP contribution is 2.17. The lowest BCUT2D eigenvalue weighted by Gasteiger charge is -2.22. The minimum atomic E-state index is -2.60. The largest absolute Gasteiger partial charge is 0.490 e. The third kappa shape index (κ3) is 4.12. The van der Waals surface area contributed by atoms with Crippen LogP contribution in [0.3, 0.4) is 0 Å². The quantitative estimate of drug-likeness (QED) is 0.908. The summed E-state index contributed by atoms with van der Waals surface area (Å²) >= 11 is 0. The molecule has 1 saturated heterocycles. The summed E-state index contributed by atoms with van der Waals surface area (Å²) in [5.74, 6) is 0.870. The molecule has 2 rings (SSSR count). The first-order valence-corrected chi connectivity index (χ1v) is 5.41. The second-order valence-electron chi connectivity index (χ2n) is 3.96. The molecule has 1 aliphatic heterocycles. The molecule has 1 aromatic heterocycles. The summed E-state index contributed by atoms with van der Waals surface area (Å²) in [5, 5.41) is 6.78. The van der Waals surface area contributed by atoms with E-state index in [1.165, 1.54) is 12.4 Å². The SMILES string of the molecule is Cl.FC(F)n1cc(OCC2CCCNC2)cn1. The molecule has 0 radical (unpaired) electrons. The van der Waals surface area contributed by atoms with Crippen LogP contribution in [-0.4, -0.2) is 29.5 Å². The van der Waals surface area contributed by atoms with Gasteiger partial charge in [-0.15, -0.1) is 12.4 Å². The summed E-state index contributed by atoms with van der Waals surface area (Å²) in [5.41, 5.74) is 0. The van der Waals surface area contributed by atoms with Crippen LogP contribution in [0, 0.1) is 5.92 Å². The summed E-state index contributed by atoms with van der Waals surface area (Å²) in [6.45, 7) is -0.0567. The van der Waals surface area contributed by atoms with Crippen LogP contribution < -0.4 is 10.1 Å². The van der Waals surface area contributed by atoms with Crippen molar-refractivity contribution in [1.29, 1.82) is 0 Å². The predicted molar refractivity (Wildman–Crippen MR) is 61.8 cm³/mol. The van der Waals surface area contributed by atoms with E-state index in [1.54, 1.807) is 0 Å². The van der Waals surface area contributed by atoms with Gasteiger partial charge in [0.05, 0.1) is 19.0 Å². The van der Waals surface area contributed by atoms with E-state index in [4.69, 9.17) is 4.74 Å². The van der Waals surface area contributed by atoms with Crippen molar-refractivity contribution in [1.82, 2.24) is 15.1 Å². The molecular formula is C10H16ClF2N3O. The molecule has 17 heavy (non-hydrogen) atoms. The summed E-state index contributed by atoms with van der Waals surface area (Å²) in [4.78, 5) is 0. The third-order valence-corrected chi connectivity index (χ3v) is 2.66. The molecule has 0 bridgehead atoms. The van der Waals surface area contributed by atoms with E-state index < -0.39 is 6.55 Å². The summed E-state index contributed by atoms with van der Waals surface area (Å²) in [6.07, 6.45) is 4.81. The van der Waals surface area contributed by atoms with Crippen molar-refractivity contribution >= 4 is 12.4 Å². The highest BCUT2D eigenvalue weighted by Gasteiger charge is 2.14. The lowest BCUT2D eigenvalue weighted by atomic mass is 10.0. The minimum Gasteiger partial charge on any atom is -0.490 e. The number of nitrogens with one attached hydrogen (secondary N) is 1. The Morgan fingerprint density at radius 2 is 2.41 bits per heavy atom. The maximum atomic E-state index is 12.2. The van der Waals surface area contributed by atoms with E-state index in [1.807, 2.05) is 0 Å². The molecule has 4 nitrogen and oxygen atoms in total. The zero-order chi connectivity index (χ0) is 11.4. The first-order valence-electron chi connectivity index (χ1n) is 5.41. The van der Waals surface area contributed by atoms with Gasteiger partial charge in [-0.1, -0.05) is 0 Å². The summed E-state index contributed by atoms with van der Waals surface area (Å²) in [6, 6.07) is 0. The first-order chi connectivity index (χ1) is 7.75. The van der Waals surface area contributed by atoms with E-state index in [0.717, 1.165) is 25.9 Å². The fourth-order valence-electron chi connectivity index (χ4n) is 1.78. The molecule has 0 aliphatic carbocycles. The Kier molecular flexibility index (Phi) is 5.64. The maximum Gasteiger partial charge on any atom is 0.333 e. The van der Waals surface area contributed by atoms with Gasteiger partial charge in [0, 0.05) is 12.5 Å². The standard InChI is InChI=1S/C10H15F2N3O.ClH/c11-10(12)15-6-9(5-14-15)16-7-8-2-1-3-13-4-8;/h5-6,8,10,13H,1-4,7H2;1H. The highest BCUT2D eigenvalue weighted by molar-refractivity contribution is 5.85. The Balaban J connectivity index is 0.00000144. The molecular weight excluding hydrogens is 252 g/mol. The van der Waals surface area contributed by atoms with Crippen molar-refractivity contribution in [2.24, 2.45) is 5.92 Å². The molecule has 1 aromatic rings. The van der Waals surface area contributed by atoms with Crippen LogP contribution in [0.4, 0.5) is 8.78 Å². The van der Waals surface area contributed by atoms with Crippen molar-refractivity contribution in [2.45, 2.75) is 19.4 Å². The van der Waals surface area contributed by atoms with Gasteiger partial charge in [-0.05, 0) is 19.4 Å². The Morgan fingerprint density at radius 1 is 1.59 bits per heavy atom. The van der Waals surface area contributed by atoms with Gasteiger partial charge >= 0.3 is 6.55 Å². The fraction of sp³-hybridized carbons (Fsp3) is 0.700. The van der Waals surface area contributed by atoms with Gasteiger partial charge in [-0.2, -0.15) is 13.9 Å². The number of alkyl halides is 2. The molecule has 1 unspecified atom stereocenters. The van der Waals surface area contributed by atoms with Gasteiger partial charge in [0.15, 0.2) is 5.75 Å². The Morgan fingerprint density at radius 3 is 3.00 bits per heavy atom. The molecule has 7 heteroatoms. The van der Waals surface area contributed by atoms with Crippen LogP contribution in [0.15, 0.2) is 12.4 Å². The average molecular weight is 268 g/mol. The molecule has 1 N–H and O–H groups in total. The maximum absolute atomic E-state index is 12.2. The first kappa shape index (κ1) is 14.2. The molecule has 0 amide bonds. The lowest BCUT2D eigenvalue weighted by molar-refractivity contribution is 0.0562. The fourth-order valence-corrected chi connectivity index (χ4v) is 1.78. The molecule has 1 fully saturated rings. The van der Waals surface area contributed by atoms with Gasteiger partial charge in [0.25, 0.3) is 0 Å². The number of rotatable bonds is 4. The van der Waals surface area contributed by atoms with Crippen LogP contribution in [0.25, 0.3) is 0 Å².